The van der Waals surface area contributed by atoms with Crippen LogP contribution >= 0.6 is 0 Å². The highest BCUT2D eigenvalue weighted by Gasteiger charge is 2.19. The van der Waals surface area contributed by atoms with Crippen molar-refractivity contribution >= 4 is 17.9 Å². The van der Waals surface area contributed by atoms with E-state index < -0.39 is 6.10 Å². The highest BCUT2D eigenvalue weighted by atomic mass is 16.6. The molecule has 6 nitrogen and oxygen atoms in total. The zero-order chi connectivity index (χ0) is 57.8. The van der Waals surface area contributed by atoms with Crippen LogP contribution in [0.5, 0.6) is 0 Å². The summed E-state index contributed by atoms with van der Waals surface area (Å²) < 4.78 is 17.0. The maximum atomic E-state index is 12.9. The van der Waals surface area contributed by atoms with Gasteiger partial charge in [-0.25, -0.2) is 0 Å². The zero-order valence-electron chi connectivity index (χ0n) is 52.6. The van der Waals surface area contributed by atoms with Crippen molar-refractivity contribution < 1.29 is 28.6 Å². The predicted octanol–water partition coefficient (Wildman–Crippen LogP) is 23.4. The largest absolute Gasteiger partial charge is 0.462 e. The fourth-order valence-electron chi connectivity index (χ4n) is 9.45. The molecule has 0 heterocycles. The van der Waals surface area contributed by atoms with Crippen LogP contribution in [-0.2, 0) is 28.6 Å². The quantitative estimate of drug-likeness (QED) is 0.0261. The molecule has 0 spiro atoms. The number of carbonyl (C=O) groups excluding carboxylic acids is 3. The van der Waals surface area contributed by atoms with Gasteiger partial charge in [0.2, 0.25) is 0 Å². The van der Waals surface area contributed by atoms with Crippen molar-refractivity contribution in [1.29, 1.82) is 0 Å². The van der Waals surface area contributed by atoms with Crippen LogP contribution in [0.1, 0.15) is 323 Å². The Balaban J connectivity index is 4.34. The second-order valence-corrected chi connectivity index (χ2v) is 22.4. The summed E-state index contributed by atoms with van der Waals surface area (Å²) in [5.41, 5.74) is 0. The zero-order valence-corrected chi connectivity index (χ0v) is 52.6. The van der Waals surface area contributed by atoms with Crippen LogP contribution in [0.4, 0.5) is 0 Å². The Kier molecular flexibility index (Phi) is 64.3. The van der Waals surface area contributed by atoms with Crippen molar-refractivity contribution in [2.45, 2.75) is 329 Å². The third-order valence-electron chi connectivity index (χ3n) is 14.5. The maximum absolute atomic E-state index is 12.9. The lowest BCUT2D eigenvalue weighted by Gasteiger charge is -2.18. The van der Waals surface area contributed by atoms with Crippen LogP contribution in [0.15, 0.2) is 109 Å². The smallest absolute Gasteiger partial charge is 0.306 e. The van der Waals surface area contributed by atoms with Crippen LogP contribution in [0.2, 0.25) is 0 Å². The topological polar surface area (TPSA) is 78.9 Å². The van der Waals surface area contributed by atoms with E-state index in [1.165, 1.54) is 167 Å². The van der Waals surface area contributed by atoms with Crippen LogP contribution < -0.4 is 0 Å². The van der Waals surface area contributed by atoms with Crippen LogP contribution in [-0.4, -0.2) is 37.2 Å². The summed E-state index contributed by atoms with van der Waals surface area (Å²) in [4.78, 5) is 38.4. The lowest BCUT2D eigenvalue weighted by molar-refractivity contribution is -0.167. The Morgan fingerprint density at radius 3 is 0.787 bits per heavy atom. The highest BCUT2D eigenvalue weighted by molar-refractivity contribution is 5.71. The summed E-state index contributed by atoms with van der Waals surface area (Å²) in [7, 11) is 0. The summed E-state index contributed by atoms with van der Waals surface area (Å²) in [6.07, 6.45) is 92.3. The molecular weight excluding hydrogens is 985 g/mol. The monoisotopic (exact) mass is 1110 g/mol. The lowest BCUT2D eigenvalue weighted by atomic mass is 10.0. The molecule has 0 aromatic heterocycles. The number of hydrogen-bond acceptors (Lipinski definition) is 6. The molecule has 0 aromatic carbocycles. The number of rotatable bonds is 61. The van der Waals surface area contributed by atoms with Crippen molar-refractivity contribution in [3.8, 4) is 0 Å². The van der Waals surface area contributed by atoms with E-state index in [0.717, 1.165) is 116 Å². The highest BCUT2D eigenvalue weighted by Crippen LogP contribution is 2.16. The first-order valence-corrected chi connectivity index (χ1v) is 33.9. The molecule has 0 aliphatic rings. The standard InChI is InChI=1S/C74H126O6/c1-4-7-10-13-16-19-22-25-28-30-32-33-34-35-36-37-38-39-40-41-43-44-46-49-52-55-58-61-64-67-73(76)79-70-71(69-78-72(75)66-63-60-57-54-51-48-27-24-21-18-15-12-9-6-3)80-74(77)68-65-62-59-56-53-50-47-45-42-31-29-26-23-20-17-14-11-8-5-2/h7,10,16-17,19-20,25-26,28-29,32-33,35-36,38-39,41,43,71H,4-6,8-9,11-15,18,21-24,27,30-31,34,37,40,42,44-70H2,1-3H3/b10-7-,19-16-,20-17-,28-25-,29-26-,33-32-,36-35-,39-38-,43-41-. The minimum absolute atomic E-state index is 0.0808. The molecule has 0 aliphatic heterocycles. The van der Waals surface area contributed by atoms with E-state index in [4.69, 9.17) is 14.2 Å². The van der Waals surface area contributed by atoms with Gasteiger partial charge >= 0.3 is 17.9 Å². The van der Waals surface area contributed by atoms with Gasteiger partial charge in [-0.05, 0) is 109 Å². The third kappa shape index (κ3) is 64.9. The number of allylic oxidation sites excluding steroid dienone is 18. The Morgan fingerprint density at radius 1 is 0.263 bits per heavy atom. The third-order valence-corrected chi connectivity index (χ3v) is 14.5. The van der Waals surface area contributed by atoms with Crippen molar-refractivity contribution in [1.82, 2.24) is 0 Å². The van der Waals surface area contributed by atoms with E-state index in [-0.39, 0.29) is 31.1 Å². The van der Waals surface area contributed by atoms with Gasteiger partial charge in [-0.1, -0.05) is 304 Å². The summed E-state index contributed by atoms with van der Waals surface area (Å²) in [6, 6.07) is 0. The number of hydrogen-bond donors (Lipinski definition) is 0. The van der Waals surface area contributed by atoms with Gasteiger partial charge in [0, 0.05) is 19.3 Å². The number of ether oxygens (including phenoxy) is 3. The summed E-state index contributed by atoms with van der Waals surface area (Å²) >= 11 is 0. The lowest BCUT2D eigenvalue weighted by Crippen LogP contribution is -2.30. The molecule has 1 unspecified atom stereocenters. The molecule has 0 aromatic rings. The van der Waals surface area contributed by atoms with E-state index in [9.17, 15) is 14.4 Å². The minimum atomic E-state index is -0.786. The van der Waals surface area contributed by atoms with Gasteiger partial charge in [0.15, 0.2) is 6.10 Å². The average Bonchev–Trinajstić information content (AvgIpc) is 3.46. The Bertz CT molecular complexity index is 1610. The average molecular weight is 1110 g/mol. The second kappa shape index (κ2) is 67.6. The molecule has 0 rings (SSSR count). The molecule has 0 fully saturated rings. The van der Waals surface area contributed by atoms with Crippen LogP contribution in [0.3, 0.4) is 0 Å². The molecule has 0 saturated heterocycles. The molecule has 0 amide bonds. The first kappa shape index (κ1) is 76.1. The van der Waals surface area contributed by atoms with Crippen molar-refractivity contribution in [2.75, 3.05) is 13.2 Å². The maximum Gasteiger partial charge on any atom is 0.306 e. The van der Waals surface area contributed by atoms with E-state index in [0.29, 0.717) is 19.3 Å². The van der Waals surface area contributed by atoms with Gasteiger partial charge in [0.05, 0.1) is 0 Å². The molecule has 0 bridgehead atoms. The molecule has 458 valence electrons. The van der Waals surface area contributed by atoms with Gasteiger partial charge in [0.1, 0.15) is 13.2 Å². The Labute approximate surface area is 495 Å². The number of esters is 3. The number of carbonyl (C=O) groups is 3. The van der Waals surface area contributed by atoms with Gasteiger partial charge in [0.25, 0.3) is 0 Å². The minimum Gasteiger partial charge on any atom is -0.462 e. The van der Waals surface area contributed by atoms with Crippen LogP contribution in [0.25, 0.3) is 0 Å². The van der Waals surface area contributed by atoms with E-state index >= 15 is 0 Å². The van der Waals surface area contributed by atoms with E-state index in [2.05, 4.69) is 130 Å². The molecule has 80 heavy (non-hydrogen) atoms. The fourth-order valence-corrected chi connectivity index (χ4v) is 9.45. The summed E-state index contributed by atoms with van der Waals surface area (Å²) in [5, 5.41) is 0. The molecule has 0 N–H and O–H groups in total. The molecular formula is C74H126O6. The van der Waals surface area contributed by atoms with Gasteiger partial charge in [-0.3, -0.25) is 14.4 Å². The van der Waals surface area contributed by atoms with Crippen molar-refractivity contribution in [3.05, 3.63) is 109 Å². The van der Waals surface area contributed by atoms with E-state index in [1.54, 1.807) is 0 Å². The van der Waals surface area contributed by atoms with Crippen molar-refractivity contribution in [3.63, 3.8) is 0 Å². The number of unbranched alkanes of at least 4 members (excludes halogenated alkanes) is 32. The molecule has 0 saturated carbocycles. The SMILES string of the molecule is CC/C=C\C/C=C\C/C=C\C/C=C\C/C=C\C/C=C\C/C=C\CCCCCCCCCC(=O)OCC(COC(=O)CCCCCCCCCCCCCCCC)OC(=O)CCCCCCCCCCC/C=C\C/C=C\CCCCC. The van der Waals surface area contributed by atoms with E-state index in [1.807, 2.05) is 0 Å². The Morgan fingerprint density at radius 2 is 0.487 bits per heavy atom. The Hall–Kier alpha value is -3.93. The van der Waals surface area contributed by atoms with Gasteiger partial charge in [-0.15, -0.1) is 0 Å². The van der Waals surface area contributed by atoms with Gasteiger partial charge in [-0.2, -0.15) is 0 Å². The predicted molar refractivity (Wildman–Crippen MR) is 348 cm³/mol. The molecule has 6 heteroatoms. The first-order chi connectivity index (χ1) is 39.5. The van der Waals surface area contributed by atoms with Crippen molar-refractivity contribution in [2.24, 2.45) is 0 Å². The molecule has 1 atom stereocenters. The second-order valence-electron chi connectivity index (χ2n) is 22.4. The normalized spacial score (nSPS) is 12.8. The fraction of sp³-hybridized carbons (Fsp3) is 0.716. The van der Waals surface area contributed by atoms with Crippen LogP contribution in [0, 0.1) is 0 Å². The first-order valence-electron chi connectivity index (χ1n) is 33.9. The summed E-state index contributed by atoms with van der Waals surface area (Å²) in [6.45, 7) is 6.52. The molecule has 0 radical (unpaired) electrons. The van der Waals surface area contributed by atoms with Gasteiger partial charge < -0.3 is 14.2 Å². The molecule has 0 aliphatic carbocycles. The summed E-state index contributed by atoms with van der Waals surface area (Å²) in [5.74, 6) is -0.884.